The second-order valence-corrected chi connectivity index (χ2v) is 8.73. The van der Waals surface area contributed by atoms with Gasteiger partial charge in [0.1, 0.15) is 0 Å². The second-order valence-electron chi connectivity index (χ2n) is 5.05. The molecule has 1 amide bonds. The molecule has 0 saturated carbocycles. The van der Waals surface area contributed by atoms with Gasteiger partial charge in [0.05, 0.1) is 16.3 Å². The Morgan fingerprint density at radius 2 is 2.17 bits per heavy atom. The van der Waals surface area contributed by atoms with Crippen LogP contribution in [0.15, 0.2) is 33.4 Å². The molecule has 1 aromatic heterocycles. The molecule has 0 bridgehead atoms. The van der Waals surface area contributed by atoms with Gasteiger partial charge in [0.2, 0.25) is 5.91 Å². The first-order chi connectivity index (χ1) is 10.9. The number of anilines is 2. The number of thiazole rings is 1. The van der Waals surface area contributed by atoms with E-state index in [0.717, 1.165) is 16.3 Å². The first-order valence-electron chi connectivity index (χ1n) is 6.87. The number of sulfonamides is 1. The maximum absolute atomic E-state index is 12.5. The van der Waals surface area contributed by atoms with Crippen molar-refractivity contribution in [3.05, 3.63) is 29.3 Å². The van der Waals surface area contributed by atoms with Crippen LogP contribution in [0, 0.1) is 6.92 Å². The maximum atomic E-state index is 12.5. The van der Waals surface area contributed by atoms with Gasteiger partial charge in [-0.25, -0.2) is 13.4 Å². The lowest BCUT2D eigenvalue weighted by atomic mass is 10.2. The van der Waals surface area contributed by atoms with Crippen LogP contribution in [0.2, 0.25) is 0 Å². The highest BCUT2D eigenvalue weighted by Gasteiger charge is 2.24. The summed E-state index contributed by atoms with van der Waals surface area (Å²) in [6.45, 7) is 3.86. The molecule has 2 heterocycles. The van der Waals surface area contributed by atoms with Gasteiger partial charge in [-0.2, -0.15) is 0 Å². The molecule has 6 nitrogen and oxygen atoms in total. The summed E-state index contributed by atoms with van der Waals surface area (Å²) in [6, 6.07) is 4.85. The number of aryl methyl sites for hydroxylation is 1. The molecule has 9 heteroatoms. The third-order valence-electron chi connectivity index (χ3n) is 3.32. The van der Waals surface area contributed by atoms with Gasteiger partial charge in [0.25, 0.3) is 10.0 Å². The van der Waals surface area contributed by atoms with Gasteiger partial charge in [-0.1, -0.05) is 0 Å². The molecule has 1 aliphatic rings. The molecule has 2 aromatic rings. The lowest BCUT2D eigenvalue weighted by molar-refractivity contribution is -0.116. The minimum atomic E-state index is -3.73. The fourth-order valence-corrected chi connectivity index (χ4v) is 5.20. The monoisotopic (exact) mass is 369 g/mol. The summed E-state index contributed by atoms with van der Waals surface area (Å²) in [5, 5.41) is 2.11. The minimum absolute atomic E-state index is 0.0930. The Morgan fingerprint density at radius 3 is 2.83 bits per heavy atom. The summed E-state index contributed by atoms with van der Waals surface area (Å²) < 4.78 is 27.5. The predicted molar refractivity (Wildman–Crippen MR) is 92.9 cm³/mol. The zero-order valence-electron chi connectivity index (χ0n) is 12.6. The predicted octanol–water partition coefficient (Wildman–Crippen LogP) is 2.71. The van der Waals surface area contributed by atoms with Crippen LogP contribution in [0.25, 0.3) is 0 Å². The Labute approximate surface area is 143 Å². The number of benzene rings is 1. The highest BCUT2D eigenvalue weighted by molar-refractivity contribution is 7.99. The molecule has 0 unspecified atom stereocenters. The number of carbonyl (C=O) groups excluding carboxylic acids is 1. The lowest BCUT2D eigenvalue weighted by Gasteiger charge is -2.28. The summed E-state index contributed by atoms with van der Waals surface area (Å²) in [7, 11) is -3.73. The second kappa shape index (κ2) is 6.14. The molecule has 0 saturated heterocycles. The highest BCUT2D eigenvalue weighted by atomic mass is 32.2. The maximum Gasteiger partial charge on any atom is 0.263 e. The van der Waals surface area contributed by atoms with Gasteiger partial charge in [-0.3, -0.25) is 9.52 Å². The van der Waals surface area contributed by atoms with E-state index in [0.29, 0.717) is 17.4 Å². The number of aromatic nitrogens is 1. The first-order valence-corrected chi connectivity index (χ1v) is 10.2. The van der Waals surface area contributed by atoms with E-state index in [1.807, 2.05) is 0 Å². The zero-order valence-corrected chi connectivity index (χ0v) is 15.0. The van der Waals surface area contributed by atoms with Crippen molar-refractivity contribution >= 4 is 49.8 Å². The molecule has 0 aliphatic carbocycles. The molecule has 23 heavy (non-hydrogen) atoms. The van der Waals surface area contributed by atoms with Crippen molar-refractivity contribution in [2.75, 3.05) is 21.9 Å². The van der Waals surface area contributed by atoms with Gasteiger partial charge >= 0.3 is 0 Å². The lowest BCUT2D eigenvalue weighted by Crippen LogP contribution is -2.33. The molecule has 1 aromatic carbocycles. The number of amides is 1. The number of carbonyl (C=O) groups is 1. The third-order valence-corrected chi connectivity index (χ3v) is 6.71. The molecule has 3 rings (SSSR count). The van der Waals surface area contributed by atoms with Crippen molar-refractivity contribution in [3.8, 4) is 0 Å². The third kappa shape index (κ3) is 3.36. The normalized spacial score (nSPS) is 14.4. The van der Waals surface area contributed by atoms with E-state index < -0.39 is 10.0 Å². The molecule has 0 atom stereocenters. The Bertz CT molecular complexity index is 861. The van der Waals surface area contributed by atoms with Crippen molar-refractivity contribution in [2.45, 2.75) is 23.6 Å². The number of fused-ring (bicyclic) bond motifs is 1. The molecule has 122 valence electrons. The zero-order chi connectivity index (χ0) is 16.6. The Hall–Kier alpha value is -1.58. The minimum Gasteiger partial charge on any atom is -0.311 e. The molecule has 0 fully saturated rings. The van der Waals surface area contributed by atoms with Crippen LogP contribution in [0.4, 0.5) is 10.8 Å². The van der Waals surface area contributed by atoms with E-state index >= 15 is 0 Å². The van der Waals surface area contributed by atoms with Gasteiger partial charge in [-0.15, -0.1) is 23.1 Å². The van der Waals surface area contributed by atoms with E-state index in [9.17, 15) is 13.2 Å². The number of hydrogen-bond acceptors (Lipinski definition) is 6. The van der Waals surface area contributed by atoms with Crippen molar-refractivity contribution in [1.82, 2.24) is 4.98 Å². The number of nitrogens with zero attached hydrogens (tertiary/aromatic N) is 2. The van der Waals surface area contributed by atoms with Crippen molar-refractivity contribution in [2.24, 2.45) is 0 Å². The average Bonchev–Trinajstić information content (AvgIpc) is 2.90. The summed E-state index contributed by atoms with van der Waals surface area (Å²) in [6.07, 6.45) is 0. The summed E-state index contributed by atoms with van der Waals surface area (Å²) in [4.78, 5) is 18.5. The van der Waals surface area contributed by atoms with Crippen LogP contribution in [0.3, 0.4) is 0 Å². The van der Waals surface area contributed by atoms with Crippen LogP contribution in [0.5, 0.6) is 0 Å². The van der Waals surface area contributed by atoms with Gasteiger partial charge < -0.3 is 4.90 Å². The molecule has 0 radical (unpaired) electrons. The average molecular weight is 369 g/mol. The van der Waals surface area contributed by atoms with Crippen molar-refractivity contribution in [1.29, 1.82) is 0 Å². The fraction of sp³-hybridized carbons (Fsp3) is 0.286. The van der Waals surface area contributed by atoms with Crippen LogP contribution in [-0.2, 0) is 14.8 Å². The molecule has 1 N–H and O–H groups in total. The standard InChI is InChI=1S/C14H15N3O3S3/c1-9-8-22-14(15-9)16-23(19,20)11-3-4-13-12(7-11)17(10(2)18)5-6-21-13/h3-4,7-8H,5-6H2,1-2H3,(H,15,16). The highest BCUT2D eigenvalue weighted by Crippen LogP contribution is 2.36. The number of hydrogen-bond donors (Lipinski definition) is 1. The van der Waals surface area contributed by atoms with E-state index in [1.54, 1.807) is 47.2 Å². The van der Waals surface area contributed by atoms with E-state index in [-0.39, 0.29) is 10.8 Å². The van der Waals surface area contributed by atoms with Crippen LogP contribution >= 0.6 is 23.1 Å². The summed E-state index contributed by atoms with van der Waals surface area (Å²) >= 11 is 2.85. The van der Waals surface area contributed by atoms with Gasteiger partial charge in [0.15, 0.2) is 5.13 Å². The molecule has 1 aliphatic heterocycles. The molecular weight excluding hydrogens is 354 g/mol. The van der Waals surface area contributed by atoms with Crippen molar-refractivity contribution in [3.63, 3.8) is 0 Å². The van der Waals surface area contributed by atoms with E-state index in [1.165, 1.54) is 18.3 Å². The Morgan fingerprint density at radius 1 is 1.39 bits per heavy atom. The van der Waals surface area contributed by atoms with Crippen LogP contribution < -0.4 is 9.62 Å². The fourth-order valence-electron chi connectivity index (χ4n) is 2.27. The summed E-state index contributed by atoms with van der Waals surface area (Å²) in [5.41, 5.74) is 1.41. The Balaban J connectivity index is 1.97. The summed E-state index contributed by atoms with van der Waals surface area (Å²) in [5.74, 6) is 0.708. The first kappa shape index (κ1) is 16.3. The topological polar surface area (TPSA) is 79.4 Å². The number of thioether (sulfide) groups is 1. The number of nitrogens with one attached hydrogen (secondary N) is 1. The van der Waals surface area contributed by atoms with Gasteiger partial charge in [-0.05, 0) is 25.1 Å². The quantitative estimate of drug-likeness (QED) is 0.900. The van der Waals surface area contributed by atoms with Crippen LogP contribution in [-0.4, -0.2) is 31.6 Å². The van der Waals surface area contributed by atoms with Gasteiger partial charge in [0, 0.05) is 29.5 Å². The molecule has 0 spiro atoms. The smallest absolute Gasteiger partial charge is 0.263 e. The Kier molecular flexibility index (Phi) is 4.35. The van der Waals surface area contributed by atoms with Crippen LogP contribution in [0.1, 0.15) is 12.6 Å². The molecular formula is C14H15N3O3S3. The largest absolute Gasteiger partial charge is 0.311 e. The van der Waals surface area contributed by atoms with Crippen molar-refractivity contribution < 1.29 is 13.2 Å². The van der Waals surface area contributed by atoms with E-state index in [4.69, 9.17) is 0 Å². The number of rotatable bonds is 3. The van der Waals surface area contributed by atoms with E-state index in [2.05, 4.69) is 9.71 Å². The SMILES string of the molecule is CC(=O)N1CCSc2ccc(S(=O)(=O)Nc3nc(C)cs3)cc21.